The lowest BCUT2D eigenvalue weighted by atomic mass is 10.1. The summed E-state index contributed by atoms with van der Waals surface area (Å²) in [6.45, 7) is 3.39. The number of hydrogen-bond donors (Lipinski definition) is 0. The minimum Gasteiger partial charge on any atom is -0.461 e. The number of nitrogens with zero attached hydrogens (tertiary/aromatic N) is 2. The number of hydrogen-bond acceptors (Lipinski definition) is 5. The normalized spacial score (nSPS) is 18.9. The molecule has 1 unspecified atom stereocenters. The first kappa shape index (κ1) is 11.7. The van der Waals surface area contributed by atoms with Gasteiger partial charge in [-0.2, -0.15) is 4.98 Å². The summed E-state index contributed by atoms with van der Waals surface area (Å²) in [7, 11) is 0. The molecule has 102 valence electrons. The Hall–Kier alpha value is -2.14. The van der Waals surface area contributed by atoms with Gasteiger partial charge in [-0.15, -0.1) is 0 Å². The maximum Gasteiger partial charge on any atom is 0.257 e. The largest absolute Gasteiger partial charge is 0.461 e. The number of aryl methyl sites for hydroxylation is 1. The molecular formula is C15H14N2O3. The smallest absolute Gasteiger partial charge is 0.257 e. The number of aromatic nitrogens is 2. The van der Waals surface area contributed by atoms with Crippen LogP contribution >= 0.6 is 0 Å². The number of ether oxygens (including phenoxy) is 1. The fraction of sp³-hybridized carbons (Fsp3) is 0.333. The molecule has 0 aliphatic carbocycles. The summed E-state index contributed by atoms with van der Waals surface area (Å²) in [6.07, 6.45) is 0.957. The van der Waals surface area contributed by atoms with Crippen LogP contribution in [0.1, 0.15) is 23.9 Å². The lowest BCUT2D eigenvalue weighted by molar-refractivity contribution is 0.192. The Morgan fingerprint density at radius 1 is 1.25 bits per heavy atom. The second kappa shape index (κ2) is 4.45. The zero-order valence-electron chi connectivity index (χ0n) is 11.1. The number of furan rings is 1. The second-order valence-corrected chi connectivity index (χ2v) is 5.13. The molecule has 3 aromatic rings. The van der Waals surface area contributed by atoms with E-state index >= 15 is 0 Å². The summed E-state index contributed by atoms with van der Waals surface area (Å²) in [5, 5.41) is 5.12. The van der Waals surface area contributed by atoms with Gasteiger partial charge in [0.2, 0.25) is 0 Å². The molecule has 5 heteroatoms. The third kappa shape index (κ3) is 1.91. The Bertz CT molecular complexity index is 753. The lowest BCUT2D eigenvalue weighted by Gasteiger charge is -1.97. The van der Waals surface area contributed by atoms with Gasteiger partial charge in [0.25, 0.3) is 5.89 Å². The van der Waals surface area contributed by atoms with Crippen LogP contribution in [0.5, 0.6) is 0 Å². The highest BCUT2D eigenvalue weighted by atomic mass is 16.5. The average molecular weight is 270 g/mol. The number of fused-ring (bicyclic) bond motifs is 1. The maximum absolute atomic E-state index is 5.56. The standard InChI is InChI=1S/C15H14N2O3/c1-9-6-12-7-10(2-3-13(12)19-9)15-16-14(17-20-15)11-4-5-18-8-11/h2-3,6-7,11H,4-5,8H2,1H3. The summed E-state index contributed by atoms with van der Waals surface area (Å²) >= 11 is 0. The molecule has 1 aromatic carbocycles. The van der Waals surface area contributed by atoms with E-state index in [0.29, 0.717) is 12.5 Å². The zero-order chi connectivity index (χ0) is 13.5. The molecule has 1 saturated heterocycles. The Morgan fingerprint density at radius 2 is 2.20 bits per heavy atom. The van der Waals surface area contributed by atoms with Gasteiger partial charge < -0.3 is 13.7 Å². The van der Waals surface area contributed by atoms with Crippen LogP contribution in [0, 0.1) is 6.92 Å². The van der Waals surface area contributed by atoms with Crippen molar-refractivity contribution >= 4 is 11.0 Å². The minimum absolute atomic E-state index is 0.257. The molecule has 0 saturated carbocycles. The van der Waals surface area contributed by atoms with E-state index in [-0.39, 0.29) is 5.92 Å². The van der Waals surface area contributed by atoms with E-state index < -0.39 is 0 Å². The summed E-state index contributed by atoms with van der Waals surface area (Å²) in [6, 6.07) is 7.88. The van der Waals surface area contributed by atoms with Crippen molar-refractivity contribution in [1.29, 1.82) is 0 Å². The molecule has 1 fully saturated rings. The molecule has 0 N–H and O–H groups in total. The average Bonchev–Trinajstić information content (AvgIpc) is 3.17. The van der Waals surface area contributed by atoms with Crippen molar-refractivity contribution in [3.63, 3.8) is 0 Å². The van der Waals surface area contributed by atoms with Crippen LogP contribution in [-0.2, 0) is 4.74 Å². The lowest BCUT2D eigenvalue weighted by Crippen LogP contribution is -1.99. The van der Waals surface area contributed by atoms with Gasteiger partial charge in [0.05, 0.1) is 6.61 Å². The minimum atomic E-state index is 0.257. The fourth-order valence-corrected chi connectivity index (χ4v) is 2.57. The molecule has 1 atom stereocenters. The van der Waals surface area contributed by atoms with E-state index in [4.69, 9.17) is 13.7 Å². The Morgan fingerprint density at radius 3 is 3.05 bits per heavy atom. The quantitative estimate of drug-likeness (QED) is 0.715. The Labute approximate surface area is 115 Å². The van der Waals surface area contributed by atoms with Crippen LogP contribution in [0.4, 0.5) is 0 Å². The van der Waals surface area contributed by atoms with Crippen molar-refractivity contribution in [3.05, 3.63) is 35.9 Å². The molecule has 0 amide bonds. The SMILES string of the molecule is Cc1cc2cc(-c3nc(C4CCOC4)no3)ccc2o1. The van der Waals surface area contributed by atoms with Gasteiger partial charge in [0.15, 0.2) is 5.82 Å². The van der Waals surface area contributed by atoms with Crippen LogP contribution in [0.3, 0.4) is 0 Å². The predicted octanol–water partition coefficient (Wildman–Crippen LogP) is 3.30. The van der Waals surface area contributed by atoms with E-state index in [1.54, 1.807) is 0 Å². The highest BCUT2D eigenvalue weighted by Crippen LogP contribution is 2.28. The summed E-state index contributed by atoms with van der Waals surface area (Å²) < 4.78 is 16.3. The second-order valence-electron chi connectivity index (χ2n) is 5.13. The van der Waals surface area contributed by atoms with Gasteiger partial charge in [-0.25, -0.2) is 0 Å². The van der Waals surface area contributed by atoms with E-state index in [0.717, 1.165) is 41.1 Å². The molecule has 4 rings (SSSR count). The summed E-state index contributed by atoms with van der Waals surface area (Å²) in [4.78, 5) is 4.49. The van der Waals surface area contributed by atoms with Gasteiger partial charge in [0.1, 0.15) is 11.3 Å². The van der Waals surface area contributed by atoms with Crippen molar-refractivity contribution in [1.82, 2.24) is 10.1 Å². The van der Waals surface area contributed by atoms with Crippen molar-refractivity contribution in [2.75, 3.05) is 13.2 Å². The molecule has 5 nitrogen and oxygen atoms in total. The first-order valence-corrected chi connectivity index (χ1v) is 6.71. The summed E-state index contributed by atoms with van der Waals surface area (Å²) in [5.74, 6) is 2.44. The van der Waals surface area contributed by atoms with Crippen LogP contribution < -0.4 is 0 Å². The number of rotatable bonds is 2. The molecule has 0 radical (unpaired) electrons. The monoisotopic (exact) mass is 270 g/mol. The molecule has 0 bridgehead atoms. The van der Waals surface area contributed by atoms with E-state index in [9.17, 15) is 0 Å². The molecule has 0 spiro atoms. The van der Waals surface area contributed by atoms with Crippen LogP contribution in [-0.4, -0.2) is 23.4 Å². The Kier molecular flexibility index (Phi) is 2.60. The van der Waals surface area contributed by atoms with E-state index in [1.807, 2.05) is 31.2 Å². The van der Waals surface area contributed by atoms with Crippen molar-refractivity contribution in [3.8, 4) is 11.5 Å². The molecular weight excluding hydrogens is 256 g/mol. The molecule has 1 aliphatic rings. The summed E-state index contributed by atoms with van der Waals surface area (Å²) in [5.41, 5.74) is 1.78. The van der Waals surface area contributed by atoms with Gasteiger partial charge >= 0.3 is 0 Å². The first-order chi connectivity index (χ1) is 9.79. The third-order valence-electron chi connectivity index (χ3n) is 3.62. The highest BCUT2D eigenvalue weighted by molar-refractivity contribution is 5.82. The van der Waals surface area contributed by atoms with Crippen LogP contribution in [0.25, 0.3) is 22.4 Å². The van der Waals surface area contributed by atoms with Gasteiger partial charge in [-0.1, -0.05) is 5.16 Å². The maximum atomic E-state index is 5.56. The molecule has 20 heavy (non-hydrogen) atoms. The zero-order valence-corrected chi connectivity index (χ0v) is 11.1. The van der Waals surface area contributed by atoms with Gasteiger partial charge in [-0.05, 0) is 37.6 Å². The first-order valence-electron chi connectivity index (χ1n) is 6.71. The molecule has 2 aromatic heterocycles. The van der Waals surface area contributed by atoms with Gasteiger partial charge in [0, 0.05) is 23.5 Å². The van der Waals surface area contributed by atoms with Crippen molar-refractivity contribution in [2.45, 2.75) is 19.3 Å². The number of benzene rings is 1. The molecule has 1 aliphatic heterocycles. The Balaban J connectivity index is 1.71. The third-order valence-corrected chi connectivity index (χ3v) is 3.62. The van der Waals surface area contributed by atoms with Crippen LogP contribution in [0.2, 0.25) is 0 Å². The van der Waals surface area contributed by atoms with Crippen molar-refractivity contribution in [2.24, 2.45) is 0 Å². The van der Waals surface area contributed by atoms with E-state index in [1.165, 1.54) is 0 Å². The van der Waals surface area contributed by atoms with Crippen molar-refractivity contribution < 1.29 is 13.7 Å². The fourth-order valence-electron chi connectivity index (χ4n) is 2.57. The molecule has 3 heterocycles. The van der Waals surface area contributed by atoms with E-state index in [2.05, 4.69) is 10.1 Å². The van der Waals surface area contributed by atoms with Crippen LogP contribution in [0.15, 0.2) is 33.2 Å². The highest BCUT2D eigenvalue weighted by Gasteiger charge is 2.23. The van der Waals surface area contributed by atoms with Gasteiger partial charge in [-0.3, -0.25) is 0 Å². The predicted molar refractivity (Wildman–Crippen MR) is 72.4 cm³/mol. The topological polar surface area (TPSA) is 61.3 Å².